The van der Waals surface area contributed by atoms with Crippen LogP contribution in [-0.4, -0.2) is 45.7 Å². The second kappa shape index (κ2) is 6.50. The molecule has 0 aliphatic carbocycles. The topological polar surface area (TPSA) is 63.1 Å². The average molecular weight is 313 g/mol. The first-order chi connectivity index (χ1) is 11.0. The third-order valence-electron chi connectivity index (χ3n) is 4.19. The highest BCUT2D eigenvalue weighted by Gasteiger charge is 2.28. The van der Waals surface area contributed by atoms with E-state index in [1.807, 2.05) is 41.9 Å². The first-order valence-electron chi connectivity index (χ1n) is 7.97. The highest BCUT2D eigenvalue weighted by molar-refractivity contribution is 5.82. The van der Waals surface area contributed by atoms with E-state index in [1.165, 1.54) is 0 Å². The van der Waals surface area contributed by atoms with Crippen LogP contribution in [0.2, 0.25) is 0 Å². The lowest BCUT2D eigenvalue weighted by Crippen LogP contribution is -2.45. The fourth-order valence-electron chi connectivity index (χ4n) is 3.02. The molecule has 0 radical (unpaired) electrons. The number of fused-ring (bicyclic) bond motifs is 1. The van der Waals surface area contributed by atoms with Gasteiger partial charge in [-0.05, 0) is 18.9 Å². The molecule has 0 bridgehead atoms. The molecule has 6 nitrogen and oxygen atoms in total. The summed E-state index contributed by atoms with van der Waals surface area (Å²) in [4.78, 5) is 18.7. The molecule has 0 unspecified atom stereocenters. The van der Waals surface area contributed by atoms with Gasteiger partial charge < -0.3 is 4.90 Å². The predicted molar refractivity (Wildman–Crippen MR) is 87.9 cm³/mol. The highest BCUT2D eigenvalue weighted by atomic mass is 16.2. The largest absolute Gasteiger partial charge is 0.347 e. The van der Waals surface area contributed by atoms with Gasteiger partial charge in [-0.25, -0.2) is 9.67 Å². The molecule has 3 rings (SSSR count). The summed E-state index contributed by atoms with van der Waals surface area (Å²) >= 11 is 0. The Bertz CT molecular complexity index is 680. The Labute approximate surface area is 136 Å². The Kier molecular flexibility index (Phi) is 4.43. The van der Waals surface area contributed by atoms with E-state index < -0.39 is 0 Å². The molecular formula is C17H23N5O. The maximum Gasteiger partial charge on any atom is 0.243 e. The summed E-state index contributed by atoms with van der Waals surface area (Å²) in [5.74, 6) is 1.91. The third kappa shape index (κ3) is 3.42. The third-order valence-corrected chi connectivity index (χ3v) is 4.19. The molecule has 6 heteroatoms. The molecule has 1 amide bonds. The molecule has 1 aliphatic rings. The summed E-state index contributed by atoms with van der Waals surface area (Å²) in [6.45, 7) is 2.66. The van der Waals surface area contributed by atoms with Gasteiger partial charge in [0.1, 0.15) is 17.7 Å². The maximum atomic E-state index is 12.6. The molecule has 0 fully saturated rings. The lowest BCUT2D eigenvalue weighted by Gasteiger charge is -2.29. The van der Waals surface area contributed by atoms with Gasteiger partial charge in [0.05, 0.1) is 6.54 Å². The van der Waals surface area contributed by atoms with Gasteiger partial charge in [-0.2, -0.15) is 5.10 Å². The van der Waals surface area contributed by atoms with Crippen molar-refractivity contribution in [3.63, 3.8) is 0 Å². The molecule has 23 heavy (non-hydrogen) atoms. The van der Waals surface area contributed by atoms with Gasteiger partial charge in [-0.15, -0.1) is 0 Å². The van der Waals surface area contributed by atoms with Crippen molar-refractivity contribution in [1.29, 1.82) is 0 Å². The molecule has 0 saturated heterocycles. The molecule has 0 saturated carbocycles. The lowest BCUT2D eigenvalue weighted by molar-refractivity contribution is -0.131. The minimum Gasteiger partial charge on any atom is -0.347 e. The van der Waals surface area contributed by atoms with Crippen LogP contribution in [-0.2, 0) is 17.8 Å². The first kappa shape index (κ1) is 15.7. The number of amides is 1. The fourth-order valence-corrected chi connectivity index (χ4v) is 3.02. The molecule has 2 aromatic rings. The van der Waals surface area contributed by atoms with Crippen LogP contribution in [0.3, 0.4) is 0 Å². The van der Waals surface area contributed by atoms with E-state index in [-0.39, 0.29) is 18.0 Å². The number of aryl methyl sites for hydroxylation is 2. The van der Waals surface area contributed by atoms with E-state index in [1.54, 1.807) is 19.0 Å². The summed E-state index contributed by atoms with van der Waals surface area (Å²) < 4.78 is 1.96. The van der Waals surface area contributed by atoms with Gasteiger partial charge in [0.2, 0.25) is 5.91 Å². The van der Waals surface area contributed by atoms with Crippen LogP contribution in [0, 0.1) is 6.92 Å². The summed E-state index contributed by atoms with van der Waals surface area (Å²) in [5.41, 5.74) is 0.992. The van der Waals surface area contributed by atoms with Gasteiger partial charge in [0.15, 0.2) is 0 Å². The number of carbonyl (C=O) groups is 1. The zero-order chi connectivity index (χ0) is 16.4. The van der Waals surface area contributed by atoms with Crippen molar-refractivity contribution in [2.24, 2.45) is 0 Å². The highest BCUT2D eigenvalue weighted by Crippen LogP contribution is 2.20. The summed E-state index contributed by atoms with van der Waals surface area (Å²) in [7, 11) is 3.58. The molecule has 0 spiro atoms. The van der Waals surface area contributed by atoms with Crippen molar-refractivity contribution in [2.75, 3.05) is 14.1 Å². The lowest BCUT2D eigenvalue weighted by atomic mass is 10.0. The van der Waals surface area contributed by atoms with Crippen LogP contribution in [0.4, 0.5) is 0 Å². The minimum atomic E-state index is -0.331. The number of rotatable bonds is 4. The number of carbonyl (C=O) groups excluding carboxylic acids is 1. The Hall–Kier alpha value is -2.21. The van der Waals surface area contributed by atoms with E-state index >= 15 is 0 Å². The zero-order valence-electron chi connectivity index (χ0n) is 13.9. The number of benzene rings is 1. The molecule has 1 aromatic heterocycles. The van der Waals surface area contributed by atoms with Crippen LogP contribution >= 0.6 is 0 Å². The average Bonchev–Trinajstić information content (AvgIpc) is 2.92. The molecular weight excluding hydrogens is 290 g/mol. The number of aromatic nitrogens is 3. The van der Waals surface area contributed by atoms with E-state index in [2.05, 4.69) is 15.4 Å². The predicted octanol–water partition coefficient (Wildman–Crippen LogP) is 1.32. The Morgan fingerprint density at radius 2 is 2.09 bits per heavy atom. The maximum absolute atomic E-state index is 12.6. The Balaban J connectivity index is 1.78. The standard InChI is InChI=1S/C17H23N5O/c1-12-18-15-10-9-14(11-22(15)20-12)19-16(17(23)21(2)3)13-7-5-4-6-8-13/h4-8,14,16,19H,9-11H2,1-3H3/t14-,16+/m0/s1. The number of nitrogens with zero attached hydrogens (tertiary/aromatic N) is 4. The second-order valence-corrected chi connectivity index (χ2v) is 6.24. The zero-order valence-corrected chi connectivity index (χ0v) is 13.9. The first-order valence-corrected chi connectivity index (χ1v) is 7.97. The van der Waals surface area contributed by atoms with Crippen molar-refractivity contribution in [3.8, 4) is 0 Å². The molecule has 1 aromatic carbocycles. The molecule has 1 aliphatic heterocycles. The summed E-state index contributed by atoms with van der Waals surface area (Å²) in [5, 5.41) is 7.96. The quantitative estimate of drug-likeness (QED) is 0.925. The van der Waals surface area contributed by atoms with E-state index in [9.17, 15) is 4.79 Å². The normalized spacial score (nSPS) is 18.3. The van der Waals surface area contributed by atoms with E-state index in [4.69, 9.17) is 0 Å². The molecule has 2 heterocycles. The Morgan fingerprint density at radius 1 is 1.35 bits per heavy atom. The van der Waals surface area contributed by atoms with E-state index in [0.717, 1.165) is 36.6 Å². The van der Waals surface area contributed by atoms with Crippen molar-refractivity contribution in [3.05, 3.63) is 47.5 Å². The van der Waals surface area contributed by atoms with Crippen molar-refractivity contribution < 1.29 is 4.79 Å². The molecule has 2 atom stereocenters. The van der Waals surface area contributed by atoms with Gasteiger partial charge in [-0.1, -0.05) is 30.3 Å². The smallest absolute Gasteiger partial charge is 0.243 e. The van der Waals surface area contributed by atoms with Gasteiger partial charge in [0.25, 0.3) is 0 Å². The van der Waals surface area contributed by atoms with E-state index in [0.29, 0.717) is 0 Å². The summed E-state index contributed by atoms with van der Waals surface area (Å²) in [6.07, 6.45) is 1.85. The van der Waals surface area contributed by atoms with Crippen LogP contribution in [0.25, 0.3) is 0 Å². The number of hydrogen-bond acceptors (Lipinski definition) is 4. The molecule has 122 valence electrons. The van der Waals surface area contributed by atoms with Gasteiger partial charge in [-0.3, -0.25) is 10.1 Å². The van der Waals surface area contributed by atoms with Crippen molar-refractivity contribution in [2.45, 2.75) is 38.4 Å². The number of hydrogen-bond donors (Lipinski definition) is 1. The van der Waals surface area contributed by atoms with Crippen LogP contribution in [0.5, 0.6) is 0 Å². The fraction of sp³-hybridized carbons (Fsp3) is 0.471. The Morgan fingerprint density at radius 3 is 2.78 bits per heavy atom. The number of likely N-dealkylation sites (N-methyl/N-ethyl adjacent to an activating group) is 1. The van der Waals surface area contributed by atoms with Crippen molar-refractivity contribution in [1.82, 2.24) is 25.0 Å². The van der Waals surface area contributed by atoms with Gasteiger partial charge in [0, 0.05) is 26.6 Å². The van der Waals surface area contributed by atoms with Gasteiger partial charge >= 0.3 is 0 Å². The SMILES string of the molecule is Cc1nc2n(n1)C[C@@H](N[C@@H](C(=O)N(C)C)c1ccccc1)CC2. The van der Waals surface area contributed by atoms with Crippen LogP contribution in [0.15, 0.2) is 30.3 Å². The summed E-state index contributed by atoms with van der Waals surface area (Å²) in [6, 6.07) is 9.76. The minimum absolute atomic E-state index is 0.0665. The second-order valence-electron chi connectivity index (χ2n) is 6.24. The van der Waals surface area contributed by atoms with Crippen LogP contribution in [0.1, 0.15) is 29.7 Å². The monoisotopic (exact) mass is 313 g/mol. The molecule has 1 N–H and O–H groups in total. The van der Waals surface area contributed by atoms with Crippen molar-refractivity contribution >= 4 is 5.91 Å². The van der Waals surface area contributed by atoms with Crippen LogP contribution < -0.4 is 5.32 Å². The number of nitrogens with one attached hydrogen (secondary N) is 1.